The molecule has 0 aliphatic carbocycles. The van der Waals surface area contributed by atoms with Crippen molar-refractivity contribution in [2.75, 3.05) is 6.54 Å². The van der Waals surface area contributed by atoms with Crippen molar-refractivity contribution in [1.82, 2.24) is 5.32 Å². The summed E-state index contributed by atoms with van der Waals surface area (Å²) in [6.07, 6.45) is 14.0. The Morgan fingerprint density at radius 3 is 1.79 bits per heavy atom. The van der Waals surface area contributed by atoms with Crippen molar-refractivity contribution in [1.29, 1.82) is 0 Å². The van der Waals surface area contributed by atoms with E-state index in [-0.39, 0.29) is 0 Å². The van der Waals surface area contributed by atoms with Crippen LogP contribution in [-0.4, -0.2) is 12.6 Å². The Morgan fingerprint density at radius 1 is 0.789 bits per heavy atom. The van der Waals surface area contributed by atoms with E-state index in [1.807, 2.05) is 0 Å². The van der Waals surface area contributed by atoms with E-state index in [9.17, 15) is 0 Å². The third kappa shape index (κ3) is 9.49. The SMILES string of the molecule is CCCCCCCCCC(CC)(CC)CNC(C)C. The summed E-state index contributed by atoms with van der Waals surface area (Å²) in [4.78, 5) is 0. The van der Waals surface area contributed by atoms with E-state index in [1.54, 1.807) is 0 Å². The van der Waals surface area contributed by atoms with Gasteiger partial charge in [0.1, 0.15) is 0 Å². The zero-order valence-corrected chi connectivity index (χ0v) is 14.4. The number of nitrogens with one attached hydrogen (secondary N) is 1. The minimum Gasteiger partial charge on any atom is -0.314 e. The van der Waals surface area contributed by atoms with Crippen LogP contribution < -0.4 is 5.32 Å². The van der Waals surface area contributed by atoms with Crippen LogP contribution in [0.1, 0.15) is 98.8 Å². The average Bonchev–Trinajstić information content (AvgIpc) is 2.41. The third-order valence-corrected chi connectivity index (χ3v) is 4.70. The Morgan fingerprint density at radius 2 is 1.32 bits per heavy atom. The maximum atomic E-state index is 3.66. The van der Waals surface area contributed by atoms with Crippen molar-refractivity contribution in [3.63, 3.8) is 0 Å². The zero-order chi connectivity index (χ0) is 14.6. The van der Waals surface area contributed by atoms with Crippen LogP contribution in [0.4, 0.5) is 0 Å². The van der Waals surface area contributed by atoms with Crippen LogP contribution >= 0.6 is 0 Å². The second-order valence-corrected chi connectivity index (χ2v) is 6.61. The molecule has 0 unspecified atom stereocenters. The summed E-state index contributed by atoms with van der Waals surface area (Å²) < 4.78 is 0. The van der Waals surface area contributed by atoms with Gasteiger partial charge in [0, 0.05) is 12.6 Å². The van der Waals surface area contributed by atoms with Gasteiger partial charge < -0.3 is 5.32 Å². The van der Waals surface area contributed by atoms with E-state index in [4.69, 9.17) is 0 Å². The van der Waals surface area contributed by atoms with Gasteiger partial charge in [-0.15, -0.1) is 0 Å². The van der Waals surface area contributed by atoms with Crippen molar-refractivity contribution in [2.45, 2.75) is 105 Å². The molecule has 0 atom stereocenters. The molecule has 0 saturated heterocycles. The highest BCUT2D eigenvalue weighted by Gasteiger charge is 2.25. The normalized spacial score (nSPS) is 12.3. The molecule has 1 heteroatoms. The predicted molar refractivity (Wildman–Crippen MR) is 88.8 cm³/mol. The topological polar surface area (TPSA) is 12.0 Å². The summed E-state index contributed by atoms with van der Waals surface area (Å²) >= 11 is 0. The van der Waals surface area contributed by atoms with Gasteiger partial charge in [0.15, 0.2) is 0 Å². The van der Waals surface area contributed by atoms with Gasteiger partial charge in [0.25, 0.3) is 0 Å². The number of hydrogen-bond acceptors (Lipinski definition) is 1. The molecule has 0 saturated carbocycles. The first kappa shape index (κ1) is 19.0. The summed E-state index contributed by atoms with van der Waals surface area (Å²) in [5.74, 6) is 0. The maximum Gasteiger partial charge on any atom is 0.00106 e. The summed E-state index contributed by atoms with van der Waals surface area (Å²) in [5, 5.41) is 3.66. The Kier molecular flexibility index (Phi) is 11.7. The van der Waals surface area contributed by atoms with Gasteiger partial charge in [0.2, 0.25) is 0 Å². The molecule has 0 aromatic heterocycles. The van der Waals surface area contributed by atoms with Crippen molar-refractivity contribution >= 4 is 0 Å². The fourth-order valence-electron chi connectivity index (χ4n) is 2.82. The van der Waals surface area contributed by atoms with E-state index < -0.39 is 0 Å². The van der Waals surface area contributed by atoms with Gasteiger partial charge in [-0.2, -0.15) is 0 Å². The molecule has 116 valence electrons. The van der Waals surface area contributed by atoms with Crippen LogP contribution in [0.15, 0.2) is 0 Å². The average molecular weight is 270 g/mol. The van der Waals surface area contributed by atoms with E-state index in [2.05, 4.69) is 39.9 Å². The molecule has 1 nitrogen and oxygen atoms in total. The van der Waals surface area contributed by atoms with Gasteiger partial charge in [-0.05, 0) is 24.7 Å². The van der Waals surface area contributed by atoms with E-state index in [1.165, 1.54) is 70.8 Å². The molecule has 1 N–H and O–H groups in total. The Labute approximate surface area is 122 Å². The first-order chi connectivity index (χ1) is 9.10. The molecule has 19 heavy (non-hydrogen) atoms. The standard InChI is InChI=1S/C18H39N/c1-6-9-10-11-12-13-14-15-18(7-2,8-3)16-19-17(4)5/h17,19H,6-16H2,1-5H3. The van der Waals surface area contributed by atoms with Crippen LogP contribution in [0.2, 0.25) is 0 Å². The van der Waals surface area contributed by atoms with Gasteiger partial charge in [0.05, 0.1) is 0 Å². The second kappa shape index (κ2) is 11.8. The van der Waals surface area contributed by atoms with Crippen LogP contribution in [0, 0.1) is 5.41 Å². The summed E-state index contributed by atoms with van der Waals surface area (Å²) in [7, 11) is 0. The quantitative estimate of drug-likeness (QED) is 0.408. The fraction of sp³-hybridized carbons (Fsp3) is 1.00. The van der Waals surface area contributed by atoms with E-state index in [0.717, 1.165) is 0 Å². The molecule has 0 heterocycles. The summed E-state index contributed by atoms with van der Waals surface area (Å²) in [5.41, 5.74) is 0.549. The molecule has 0 aromatic carbocycles. The highest BCUT2D eigenvalue weighted by molar-refractivity contribution is 4.79. The van der Waals surface area contributed by atoms with E-state index >= 15 is 0 Å². The molecule has 0 amide bonds. The predicted octanol–water partition coefficient (Wildman–Crippen LogP) is 5.93. The van der Waals surface area contributed by atoms with Crippen LogP contribution in [0.5, 0.6) is 0 Å². The number of hydrogen-bond donors (Lipinski definition) is 1. The lowest BCUT2D eigenvalue weighted by atomic mass is 9.77. The monoisotopic (exact) mass is 269 g/mol. The second-order valence-electron chi connectivity index (χ2n) is 6.61. The minimum absolute atomic E-state index is 0.549. The van der Waals surface area contributed by atoms with Crippen LogP contribution in [0.25, 0.3) is 0 Å². The molecule has 0 spiro atoms. The lowest BCUT2D eigenvalue weighted by Crippen LogP contribution is -2.37. The molecule has 0 fully saturated rings. The van der Waals surface area contributed by atoms with Crippen molar-refractivity contribution in [3.8, 4) is 0 Å². The maximum absolute atomic E-state index is 3.66. The van der Waals surface area contributed by atoms with Crippen LogP contribution in [-0.2, 0) is 0 Å². The van der Waals surface area contributed by atoms with Gasteiger partial charge in [-0.1, -0.05) is 79.6 Å². The number of unbranched alkanes of at least 4 members (excludes halogenated alkanes) is 6. The Balaban J connectivity index is 3.80. The van der Waals surface area contributed by atoms with Crippen molar-refractivity contribution < 1.29 is 0 Å². The Hall–Kier alpha value is -0.0400. The number of rotatable bonds is 13. The highest BCUT2D eigenvalue weighted by Crippen LogP contribution is 2.32. The first-order valence-corrected chi connectivity index (χ1v) is 8.83. The lowest BCUT2D eigenvalue weighted by molar-refractivity contribution is 0.214. The molecule has 0 radical (unpaired) electrons. The molecule has 0 rings (SSSR count). The summed E-state index contributed by atoms with van der Waals surface area (Å²) in [6.45, 7) is 12.7. The van der Waals surface area contributed by atoms with Crippen molar-refractivity contribution in [2.24, 2.45) is 5.41 Å². The van der Waals surface area contributed by atoms with Gasteiger partial charge >= 0.3 is 0 Å². The van der Waals surface area contributed by atoms with Crippen LogP contribution in [0.3, 0.4) is 0 Å². The zero-order valence-electron chi connectivity index (χ0n) is 14.4. The lowest BCUT2D eigenvalue weighted by Gasteiger charge is -2.33. The smallest absolute Gasteiger partial charge is 0.00106 e. The van der Waals surface area contributed by atoms with Gasteiger partial charge in [-0.3, -0.25) is 0 Å². The third-order valence-electron chi connectivity index (χ3n) is 4.70. The molecule has 0 aliphatic rings. The molecule has 0 aliphatic heterocycles. The van der Waals surface area contributed by atoms with Crippen molar-refractivity contribution in [3.05, 3.63) is 0 Å². The summed E-state index contributed by atoms with van der Waals surface area (Å²) in [6, 6.07) is 0.617. The van der Waals surface area contributed by atoms with E-state index in [0.29, 0.717) is 11.5 Å². The highest BCUT2D eigenvalue weighted by atomic mass is 14.9. The van der Waals surface area contributed by atoms with Gasteiger partial charge in [-0.25, -0.2) is 0 Å². The Bertz CT molecular complexity index is 182. The molecular formula is C18H39N. The molecular weight excluding hydrogens is 230 g/mol. The minimum atomic E-state index is 0.549. The molecule has 0 bridgehead atoms. The fourth-order valence-corrected chi connectivity index (χ4v) is 2.82. The first-order valence-electron chi connectivity index (χ1n) is 8.83. The largest absolute Gasteiger partial charge is 0.314 e. The molecule has 0 aromatic rings.